The molecule has 3 aromatic rings. The monoisotopic (exact) mass is 390 g/mol. The van der Waals surface area contributed by atoms with E-state index in [4.69, 9.17) is 16.3 Å². The van der Waals surface area contributed by atoms with Crippen molar-refractivity contribution in [1.82, 2.24) is 9.29 Å². The molecule has 1 N–H and O–H groups in total. The maximum atomic E-state index is 13.0. The van der Waals surface area contributed by atoms with E-state index in [-0.39, 0.29) is 10.8 Å². The summed E-state index contributed by atoms with van der Waals surface area (Å²) in [4.78, 5) is 3.61. The number of nitrogens with zero attached hydrogens (tertiary/aromatic N) is 1. The first-order valence-electron chi connectivity index (χ1n) is 8.40. The van der Waals surface area contributed by atoms with E-state index < -0.39 is 10.0 Å². The van der Waals surface area contributed by atoms with E-state index in [1.54, 1.807) is 6.07 Å². The summed E-state index contributed by atoms with van der Waals surface area (Å²) in [5.74, 6) is 0.619. The summed E-state index contributed by atoms with van der Waals surface area (Å²) < 4.78 is 32.5. The first-order chi connectivity index (χ1) is 12.5. The number of halogens is 1. The molecule has 0 bridgehead atoms. The Labute approximate surface area is 157 Å². The van der Waals surface area contributed by atoms with Crippen molar-refractivity contribution in [2.45, 2.75) is 17.2 Å². The molecular weight excluding hydrogens is 372 g/mol. The summed E-state index contributed by atoms with van der Waals surface area (Å²) in [5, 5.41) is 1.44. The molecule has 1 fully saturated rings. The molecule has 2 heterocycles. The predicted octanol–water partition coefficient (Wildman–Crippen LogP) is 4.01. The van der Waals surface area contributed by atoms with Gasteiger partial charge in [-0.2, -0.15) is 4.31 Å². The number of aromatic amines is 1. The lowest BCUT2D eigenvalue weighted by Gasteiger charge is -2.17. The van der Waals surface area contributed by atoms with E-state index in [9.17, 15) is 8.42 Å². The van der Waals surface area contributed by atoms with E-state index >= 15 is 0 Å². The number of sulfonamides is 1. The maximum Gasteiger partial charge on any atom is 0.243 e. The number of aromatic nitrogens is 1. The standard InChI is InChI=1S/C19H19ClN2O3S/c1-25-19-7-6-15(11-16(19)20)26(23,24)22-9-8-14(12-22)18-10-13-4-2-3-5-17(13)21-18/h2-7,10-11,14,21H,8-9,12H2,1H3. The van der Waals surface area contributed by atoms with Crippen molar-refractivity contribution in [3.05, 3.63) is 59.2 Å². The number of hydrogen-bond donors (Lipinski definition) is 1. The third kappa shape index (κ3) is 2.98. The summed E-state index contributed by atoms with van der Waals surface area (Å²) >= 11 is 6.10. The van der Waals surface area contributed by atoms with Crippen molar-refractivity contribution in [3.8, 4) is 5.75 Å². The SMILES string of the molecule is COc1ccc(S(=O)(=O)N2CCC(c3cc4ccccc4[nH]3)C2)cc1Cl. The number of nitrogens with one attached hydrogen (secondary N) is 1. The lowest BCUT2D eigenvalue weighted by atomic mass is 10.1. The first kappa shape index (κ1) is 17.4. The minimum Gasteiger partial charge on any atom is -0.495 e. The van der Waals surface area contributed by atoms with Crippen LogP contribution in [0.15, 0.2) is 53.4 Å². The van der Waals surface area contributed by atoms with Crippen LogP contribution in [0, 0.1) is 0 Å². The summed E-state index contributed by atoms with van der Waals surface area (Å²) in [6, 6.07) is 14.8. The Balaban J connectivity index is 1.58. The molecule has 0 spiro atoms. The lowest BCUT2D eigenvalue weighted by molar-refractivity contribution is 0.414. The molecule has 1 unspecified atom stereocenters. The van der Waals surface area contributed by atoms with Crippen LogP contribution in [-0.2, 0) is 10.0 Å². The fraction of sp³-hybridized carbons (Fsp3) is 0.263. The zero-order valence-corrected chi connectivity index (χ0v) is 15.8. The van der Waals surface area contributed by atoms with Crippen molar-refractivity contribution in [3.63, 3.8) is 0 Å². The molecule has 5 nitrogen and oxygen atoms in total. The number of fused-ring (bicyclic) bond motifs is 1. The fourth-order valence-corrected chi connectivity index (χ4v) is 5.32. The van der Waals surface area contributed by atoms with Crippen LogP contribution in [0.4, 0.5) is 0 Å². The lowest BCUT2D eigenvalue weighted by Crippen LogP contribution is -2.28. The maximum absolute atomic E-state index is 13.0. The highest BCUT2D eigenvalue weighted by Gasteiger charge is 2.34. The first-order valence-corrected chi connectivity index (χ1v) is 10.2. The molecule has 4 rings (SSSR count). The third-order valence-electron chi connectivity index (χ3n) is 4.90. The Kier molecular flexibility index (Phi) is 4.42. The van der Waals surface area contributed by atoms with Crippen molar-refractivity contribution in [2.24, 2.45) is 0 Å². The molecule has 1 aromatic heterocycles. The molecule has 7 heteroatoms. The van der Waals surface area contributed by atoms with Crippen LogP contribution in [0.2, 0.25) is 5.02 Å². The molecule has 1 aliphatic heterocycles. The van der Waals surface area contributed by atoms with Gasteiger partial charge in [0, 0.05) is 30.2 Å². The van der Waals surface area contributed by atoms with Crippen LogP contribution in [0.1, 0.15) is 18.0 Å². The summed E-state index contributed by atoms with van der Waals surface area (Å²) in [6.07, 6.45) is 0.788. The number of rotatable bonds is 4. The molecule has 0 aliphatic carbocycles. The van der Waals surface area contributed by atoms with Gasteiger partial charge in [-0.3, -0.25) is 0 Å². The van der Waals surface area contributed by atoms with Crippen molar-refractivity contribution >= 4 is 32.5 Å². The van der Waals surface area contributed by atoms with Crippen molar-refractivity contribution in [1.29, 1.82) is 0 Å². The number of H-pyrrole nitrogens is 1. The number of benzene rings is 2. The number of ether oxygens (including phenoxy) is 1. The Morgan fingerprint density at radius 2 is 2.00 bits per heavy atom. The Hall–Kier alpha value is -2.02. The topological polar surface area (TPSA) is 62.4 Å². The van der Waals surface area contributed by atoms with E-state index in [1.807, 2.05) is 18.2 Å². The van der Waals surface area contributed by atoms with Crippen LogP contribution < -0.4 is 4.74 Å². The second-order valence-electron chi connectivity index (χ2n) is 6.46. The Morgan fingerprint density at radius 1 is 1.19 bits per heavy atom. The second-order valence-corrected chi connectivity index (χ2v) is 8.80. The molecule has 26 heavy (non-hydrogen) atoms. The smallest absolute Gasteiger partial charge is 0.243 e. The minimum atomic E-state index is -3.58. The average Bonchev–Trinajstić information content (AvgIpc) is 3.28. The van der Waals surface area contributed by atoms with Crippen LogP contribution in [0.25, 0.3) is 10.9 Å². The van der Waals surface area contributed by atoms with Crippen LogP contribution >= 0.6 is 11.6 Å². The van der Waals surface area contributed by atoms with Gasteiger partial charge in [0.25, 0.3) is 0 Å². The molecule has 1 saturated heterocycles. The van der Waals surface area contributed by atoms with Crippen LogP contribution in [0.5, 0.6) is 5.75 Å². The summed E-state index contributed by atoms with van der Waals surface area (Å²) in [5.41, 5.74) is 2.16. The number of methoxy groups -OCH3 is 1. The normalized spacial score (nSPS) is 18.5. The van der Waals surface area contributed by atoms with Gasteiger partial charge in [0.15, 0.2) is 0 Å². The minimum absolute atomic E-state index is 0.158. The molecule has 1 aliphatic rings. The van der Waals surface area contributed by atoms with E-state index in [1.165, 1.54) is 23.5 Å². The van der Waals surface area contributed by atoms with E-state index in [2.05, 4.69) is 17.1 Å². The molecule has 0 amide bonds. The average molecular weight is 391 g/mol. The van der Waals surface area contributed by atoms with Crippen molar-refractivity contribution in [2.75, 3.05) is 20.2 Å². The molecule has 0 radical (unpaired) electrons. The van der Waals surface area contributed by atoms with Crippen molar-refractivity contribution < 1.29 is 13.2 Å². The molecule has 2 aromatic carbocycles. The van der Waals surface area contributed by atoms with Gasteiger partial charge in [0.2, 0.25) is 10.0 Å². The zero-order valence-electron chi connectivity index (χ0n) is 14.3. The largest absolute Gasteiger partial charge is 0.495 e. The van der Waals surface area contributed by atoms with Gasteiger partial charge < -0.3 is 9.72 Å². The Bertz CT molecular complexity index is 1030. The van der Waals surface area contributed by atoms with E-state index in [0.717, 1.165) is 23.0 Å². The van der Waals surface area contributed by atoms with Crippen LogP contribution in [-0.4, -0.2) is 37.9 Å². The highest BCUT2D eigenvalue weighted by molar-refractivity contribution is 7.89. The molecule has 136 valence electrons. The number of hydrogen-bond acceptors (Lipinski definition) is 3. The van der Waals surface area contributed by atoms with Gasteiger partial charge in [-0.15, -0.1) is 0 Å². The van der Waals surface area contributed by atoms with Gasteiger partial charge in [-0.05, 0) is 42.1 Å². The van der Waals surface area contributed by atoms with Gasteiger partial charge in [-0.1, -0.05) is 29.8 Å². The number of para-hydroxylation sites is 1. The van der Waals surface area contributed by atoms with Gasteiger partial charge in [0.1, 0.15) is 5.75 Å². The molecule has 0 saturated carbocycles. The summed E-state index contributed by atoms with van der Waals surface area (Å²) in [6.45, 7) is 0.949. The van der Waals surface area contributed by atoms with E-state index in [0.29, 0.717) is 23.9 Å². The van der Waals surface area contributed by atoms with Gasteiger partial charge in [-0.25, -0.2) is 8.42 Å². The summed E-state index contributed by atoms with van der Waals surface area (Å²) in [7, 11) is -2.08. The zero-order chi connectivity index (χ0) is 18.3. The highest BCUT2D eigenvalue weighted by atomic mass is 35.5. The van der Waals surface area contributed by atoms with Crippen LogP contribution in [0.3, 0.4) is 0 Å². The second kappa shape index (κ2) is 6.61. The fourth-order valence-electron chi connectivity index (χ4n) is 3.47. The molecular formula is C19H19ClN2O3S. The Morgan fingerprint density at radius 3 is 2.73 bits per heavy atom. The highest BCUT2D eigenvalue weighted by Crippen LogP contribution is 2.34. The third-order valence-corrected chi connectivity index (χ3v) is 7.06. The predicted molar refractivity (Wildman–Crippen MR) is 102 cm³/mol. The van der Waals surface area contributed by atoms with Gasteiger partial charge in [0.05, 0.1) is 17.0 Å². The van der Waals surface area contributed by atoms with Gasteiger partial charge >= 0.3 is 0 Å². The molecule has 1 atom stereocenters. The quantitative estimate of drug-likeness (QED) is 0.732.